The summed E-state index contributed by atoms with van der Waals surface area (Å²) < 4.78 is 8.26. The summed E-state index contributed by atoms with van der Waals surface area (Å²) in [7, 11) is 1.74. The third kappa shape index (κ3) is 4.60. The maximum absolute atomic E-state index is 12.9. The lowest BCUT2D eigenvalue weighted by atomic mass is 10.2. The van der Waals surface area contributed by atoms with E-state index in [1.165, 1.54) is 11.6 Å². The number of ether oxygens (including phenoxy) is 1. The van der Waals surface area contributed by atoms with Gasteiger partial charge in [0.25, 0.3) is 5.56 Å². The molecule has 8 heteroatoms. The molecule has 0 spiro atoms. The smallest absolute Gasteiger partial charge is 0.408 e. The van der Waals surface area contributed by atoms with Crippen LogP contribution in [0.4, 0.5) is 10.5 Å². The Balaban J connectivity index is 1.65. The lowest BCUT2D eigenvalue weighted by Crippen LogP contribution is -2.42. The number of nitrogens with zero attached hydrogens (tertiary/aromatic N) is 2. The molecule has 2 aromatic carbocycles. The second-order valence-electron chi connectivity index (χ2n) is 6.85. The Morgan fingerprint density at radius 2 is 1.63 bits per heavy atom. The molecule has 2 amide bonds. The molecule has 8 nitrogen and oxygen atoms in total. The first-order valence-corrected chi connectivity index (χ1v) is 9.50. The molecule has 156 valence electrons. The molecule has 1 aromatic heterocycles. The number of anilines is 1. The van der Waals surface area contributed by atoms with Crippen LogP contribution in [0, 0.1) is 6.92 Å². The molecule has 0 bridgehead atoms. The van der Waals surface area contributed by atoms with Crippen molar-refractivity contribution in [3.05, 3.63) is 82.3 Å². The first-order valence-electron chi connectivity index (χ1n) is 9.50. The van der Waals surface area contributed by atoms with E-state index in [4.69, 9.17) is 4.74 Å². The summed E-state index contributed by atoms with van der Waals surface area (Å²) in [6.45, 7) is 3.36. The zero-order chi connectivity index (χ0) is 21.7. The van der Waals surface area contributed by atoms with E-state index in [-0.39, 0.29) is 17.9 Å². The zero-order valence-corrected chi connectivity index (χ0v) is 17.1. The number of carbonyl (C=O) groups is 2. The van der Waals surface area contributed by atoms with E-state index < -0.39 is 18.0 Å². The summed E-state index contributed by atoms with van der Waals surface area (Å²) >= 11 is 0. The third-order valence-corrected chi connectivity index (χ3v) is 4.74. The summed E-state index contributed by atoms with van der Waals surface area (Å²) in [5.74, 6) is -0.516. The van der Waals surface area contributed by atoms with Crippen LogP contribution in [-0.4, -0.2) is 27.4 Å². The van der Waals surface area contributed by atoms with Crippen molar-refractivity contribution in [2.24, 2.45) is 7.05 Å². The van der Waals surface area contributed by atoms with E-state index in [0.29, 0.717) is 11.4 Å². The van der Waals surface area contributed by atoms with Crippen LogP contribution >= 0.6 is 0 Å². The van der Waals surface area contributed by atoms with Gasteiger partial charge in [-0.05, 0) is 31.5 Å². The van der Waals surface area contributed by atoms with E-state index >= 15 is 0 Å². The summed E-state index contributed by atoms with van der Waals surface area (Å²) in [4.78, 5) is 37.4. The Labute approximate surface area is 174 Å². The minimum atomic E-state index is -0.891. The Hall–Kier alpha value is -3.81. The third-order valence-electron chi connectivity index (χ3n) is 4.74. The molecule has 0 saturated heterocycles. The van der Waals surface area contributed by atoms with Gasteiger partial charge in [-0.25, -0.2) is 9.48 Å². The van der Waals surface area contributed by atoms with Gasteiger partial charge in [0, 0.05) is 7.05 Å². The highest BCUT2D eigenvalue weighted by Crippen LogP contribution is 2.14. The molecular weight excluding hydrogens is 384 g/mol. The molecule has 2 N–H and O–H groups in total. The van der Waals surface area contributed by atoms with Gasteiger partial charge >= 0.3 is 6.09 Å². The van der Waals surface area contributed by atoms with Gasteiger partial charge in [-0.1, -0.05) is 48.5 Å². The Kier molecular flexibility index (Phi) is 6.36. The first-order chi connectivity index (χ1) is 14.4. The number of amides is 2. The predicted octanol–water partition coefficient (Wildman–Crippen LogP) is 2.74. The summed E-state index contributed by atoms with van der Waals surface area (Å²) in [6, 6.07) is 17.5. The SMILES string of the molecule is Cc1c(NC(=O)[C@H](C)NC(=O)OCc2ccccc2)c(=O)n(-c2ccccc2)n1C. The van der Waals surface area contributed by atoms with E-state index in [1.807, 2.05) is 48.5 Å². The first kappa shape index (κ1) is 20.9. The van der Waals surface area contributed by atoms with Crippen molar-refractivity contribution in [1.82, 2.24) is 14.7 Å². The number of benzene rings is 2. The average molecular weight is 408 g/mol. The maximum atomic E-state index is 12.9. The Bertz CT molecular complexity index is 1090. The second kappa shape index (κ2) is 9.13. The number of alkyl carbamates (subject to hydrolysis) is 1. The fraction of sp³-hybridized carbons (Fsp3) is 0.227. The van der Waals surface area contributed by atoms with Crippen LogP contribution in [0.3, 0.4) is 0 Å². The normalized spacial score (nSPS) is 11.6. The van der Waals surface area contributed by atoms with Crippen molar-refractivity contribution in [3.8, 4) is 5.69 Å². The monoisotopic (exact) mass is 408 g/mol. The van der Waals surface area contributed by atoms with Crippen molar-refractivity contribution in [2.45, 2.75) is 26.5 Å². The molecule has 0 radical (unpaired) electrons. The molecule has 0 unspecified atom stereocenters. The summed E-state index contributed by atoms with van der Waals surface area (Å²) in [5, 5.41) is 5.10. The molecule has 0 fully saturated rings. The minimum absolute atomic E-state index is 0.0978. The fourth-order valence-electron chi connectivity index (χ4n) is 2.95. The molecule has 1 atom stereocenters. The predicted molar refractivity (Wildman–Crippen MR) is 114 cm³/mol. The largest absolute Gasteiger partial charge is 0.445 e. The van der Waals surface area contributed by atoms with E-state index in [1.54, 1.807) is 30.8 Å². The van der Waals surface area contributed by atoms with Gasteiger partial charge in [-0.3, -0.25) is 14.3 Å². The van der Waals surface area contributed by atoms with Gasteiger partial charge in [-0.15, -0.1) is 0 Å². The topological polar surface area (TPSA) is 94.4 Å². The van der Waals surface area contributed by atoms with E-state index in [9.17, 15) is 14.4 Å². The number of rotatable bonds is 6. The Morgan fingerprint density at radius 1 is 1.03 bits per heavy atom. The lowest BCUT2D eigenvalue weighted by Gasteiger charge is -2.13. The van der Waals surface area contributed by atoms with Crippen molar-refractivity contribution >= 4 is 17.7 Å². The van der Waals surface area contributed by atoms with Gasteiger partial charge in [0.05, 0.1) is 11.4 Å². The molecule has 0 aliphatic carbocycles. The number of para-hydroxylation sites is 1. The summed E-state index contributed by atoms with van der Waals surface area (Å²) in [6.07, 6.45) is -0.715. The maximum Gasteiger partial charge on any atom is 0.408 e. The molecule has 0 aliphatic rings. The van der Waals surface area contributed by atoms with Gasteiger partial charge in [0.2, 0.25) is 5.91 Å². The number of carbonyl (C=O) groups excluding carboxylic acids is 2. The van der Waals surface area contributed by atoms with Gasteiger partial charge in [-0.2, -0.15) is 0 Å². The highest BCUT2D eigenvalue weighted by atomic mass is 16.5. The zero-order valence-electron chi connectivity index (χ0n) is 17.1. The van der Waals surface area contributed by atoms with Crippen LogP contribution in [0.15, 0.2) is 65.5 Å². The molecule has 1 heterocycles. The molecule has 30 heavy (non-hydrogen) atoms. The second-order valence-corrected chi connectivity index (χ2v) is 6.85. The number of hydrogen-bond donors (Lipinski definition) is 2. The van der Waals surface area contributed by atoms with Gasteiger partial charge in [0.1, 0.15) is 18.3 Å². The van der Waals surface area contributed by atoms with Crippen molar-refractivity contribution in [1.29, 1.82) is 0 Å². The van der Waals surface area contributed by atoms with Crippen molar-refractivity contribution in [2.75, 3.05) is 5.32 Å². The van der Waals surface area contributed by atoms with Crippen LogP contribution in [0.5, 0.6) is 0 Å². The van der Waals surface area contributed by atoms with Gasteiger partial charge in [0.15, 0.2) is 0 Å². The fourth-order valence-corrected chi connectivity index (χ4v) is 2.95. The molecule has 0 saturated carbocycles. The highest BCUT2D eigenvalue weighted by Gasteiger charge is 2.22. The minimum Gasteiger partial charge on any atom is -0.445 e. The molecular formula is C22H24N4O4. The van der Waals surface area contributed by atoms with Gasteiger partial charge < -0.3 is 15.4 Å². The standard InChI is InChI=1S/C22H24N4O4/c1-15(23-22(29)30-14-17-10-6-4-7-11-17)20(27)24-19-16(2)25(3)26(21(19)28)18-12-8-5-9-13-18/h4-13,15H,14H2,1-3H3,(H,23,29)(H,24,27)/t15-/m0/s1. The summed E-state index contributed by atoms with van der Waals surface area (Å²) in [5.41, 5.74) is 1.93. The molecule has 0 aliphatic heterocycles. The highest BCUT2D eigenvalue weighted by molar-refractivity contribution is 5.96. The number of aromatic nitrogens is 2. The quantitative estimate of drug-likeness (QED) is 0.656. The van der Waals surface area contributed by atoms with Crippen LogP contribution in [0.2, 0.25) is 0 Å². The number of hydrogen-bond acceptors (Lipinski definition) is 4. The molecule has 3 rings (SSSR count). The van der Waals surface area contributed by atoms with E-state index in [2.05, 4.69) is 10.6 Å². The molecule has 3 aromatic rings. The van der Waals surface area contributed by atoms with Crippen LogP contribution in [-0.2, 0) is 23.2 Å². The average Bonchev–Trinajstić information content (AvgIpc) is 2.96. The van der Waals surface area contributed by atoms with Crippen LogP contribution < -0.4 is 16.2 Å². The van der Waals surface area contributed by atoms with Crippen LogP contribution in [0.1, 0.15) is 18.2 Å². The van der Waals surface area contributed by atoms with Crippen LogP contribution in [0.25, 0.3) is 5.69 Å². The van der Waals surface area contributed by atoms with Crippen molar-refractivity contribution in [3.63, 3.8) is 0 Å². The Morgan fingerprint density at radius 3 is 2.27 bits per heavy atom. The van der Waals surface area contributed by atoms with Crippen molar-refractivity contribution < 1.29 is 14.3 Å². The van der Waals surface area contributed by atoms with E-state index in [0.717, 1.165) is 5.56 Å². The number of nitrogens with one attached hydrogen (secondary N) is 2. The lowest BCUT2D eigenvalue weighted by molar-refractivity contribution is -0.117.